The van der Waals surface area contributed by atoms with E-state index >= 15 is 0 Å². The molecule has 0 radical (unpaired) electrons. The summed E-state index contributed by atoms with van der Waals surface area (Å²) in [5.41, 5.74) is 0.937. The Morgan fingerprint density at radius 2 is 2.05 bits per heavy atom. The second kappa shape index (κ2) is 5.69. The lowest BCUT2D eigenvalue weighted by atomic mass is 10.1. The molecule has 104 valence electrons. The molecule has 0 unspecified atom stereocenters. The smallest absolute Gasteiger partial charge is 0.275 e. The molecule has 0 bridgehead atoms. The minimum Gasteiger partial charge on any atom is -0.491 e. The van der Waals surface area contributed by atoms with E-state index in [2.05, 4.69) is 10.2 Å². The molecular weight excluding hydrogens is 256 g/mol. The van der Waals surface area contributed by atoms with Crippen LogP contribution < -0.4 is 10.3 Å². The van der Waals surface area contributed by atoms with Gasteiger partial charge in [-0.05, 0) is 39.0 Å². The van der Waals surface area contributed by atoms with Crippen LogP contribution in [0.15, 0.2) is 35.1 Å². The Balaban J connectivity index is 2.44. The Hall–Kier alpha value is -2.43. The van der Waals surface area contributed by atoms with Crippen LogP contribution in [0, 0.1) is 0 Å². The number of rotatable bonds is 4. The maximum absolute atomic E-state index is 11.5. The monoisotopic (exact) mass is 272 g/mol. The van der Waals surface area contributed by atoms with Crippen LogP contribution in [0.25, 0.3) is 11.3 Å². The highest BCUT2D eigenvalue weighted by molar-refractivity contribution is 5.94. The number of Topliss-reactive ketones (excluding diaryl/α,β-unsaturated/α-hetero) is 1. The number of hydrogen-bond acceptors (Lipinski definition) is 4. The molecule has 20 heavy (non-hydrogen) atoms. The summed E-state index contributed by atoms with van der Waals surface area (Å²) in [6.45, 7) is 5.24. The predicted octanol–water partition coefficient (Wildman–Crippen LogP) is 2.43. The number of carbonyl (C=O) groups excluding carboxylic acids is 1. The summed E-state index contributed by atoms with van der Waals surface area (Å²) in [5, 5.41) is 6.31. The first-order valence-corrected chi connectivity index (χ1v) is 6.35. The topological polar surface area (TPSA) is 72.0 Å². The van der Waals surface area contributed by atoms with E-state index in [0.29, 0.717) is 5.69 Å². The summed E-state index contributed by atoms with van der Waals surface area (Å²) in [4.78, 5) is 22.9. The fraction of sp³-hybridized carbons (Fsp3) is 0.267. The predicted molar refractivity (Wildman–Crippen MR) is 76.1 cm³/mol. The van der Waals surface area contributed by atoms with Crippen molar-refractivity contribution in [2.75, 3.05) is 0 Å². The number of carbonyl (C=O) groups is 1. The van der Waals surface area contributed by atoms with E-state index in [0.717, 1.165) is 11.3 Å². The molecule has 1 heterocycles. The Kier molecular flexibility index (Phi) is 3.98. The molecule has 5 heteroatoms. The molecule has 2 aromatic rings. The number of H-pyrrole nitrogens is 1. The molecule has 0 amide bonds. The van der Waals surface area contributed by atoms with Crippen molar-refractivity contribution in [3.63, 3.8) is 0 Å². The summed E-state index contributed by atoms with van der Waals surface area (Å²) in [5.74, 6) is 0.430. The molecule has 2 rings (SSSR count). The average Bonchev–Trinajstić information content (AvgIpc) is 2.38. The van der Waals surface area contributed by atoms with Crippen molar-refractivity contribution in [3.8, 4) is 17.0 Å². The van der Waals surface area contributed by atoms with E-state index in [4.69, 9.17) is 4.74 Å². The van der Waals surface area contributed by atoms with Crippen LogP contribution in [0.3, 0.4) is 0 Å². The van der Waals surface area contributed by atoms with Crippen LogP contribution in [-0.2, 0) is 0 Å². The Bertz CT molecular complexity index is 690. The SMILES string of the molecule is CC(=O)c1cc(-c2cccc(OC(C)C)c2)n[nH]c1=O. The fourth-order valence-corrected chi connectivity index (χ4v) is 1.82. The Morgan fingerprint density at radius 3 is 2.70 bits per heavy atom. The van der Waals surface area contributed by atoms with Gasteiger partial charge in [0.1, 0.15) is 5.75 Å². The number of aromatic amines is 1. The highest BCUT2D eigenvalue weighted by Crippen LogP contribution is 2.22. The Labute approximate surface area is 116 Å². The molecule has 0 aliphatic rings. The van der Waals surface area contributed by atoms with E-state index in [1.807, 2.05) is 38.1 Å². The normalized spacial score (nSPS) is 10.6. The van der Waals surface area contributed by atoms with Crippen molar-refractivity contribution in [1.82, 2.24) is 10.2 Å². The van der Waals surface area contributed by atoms with Crippen molar-refractivity contribution < 1.29 is 9.53 Å². The molecule has 0 aliphatic carbocycles. The van der Waals surface area contributed by atoms with Crippen LogP contribution in [0.2, 0.25) is 0 Å². The molecule has 1 N–H and O–H groups in total. The van der Waals surface area contributed by atoms with Gasteiger partial charge < -0.3 is 4.74 Å². The van der Waals surface area contributed by atoms with Gasteiger partial charge in [0, 0.05) is 5.56 Å². The lowest BCUT2D eigenvalue weighted by Gasteiger charge is -2.10. The first-order chi connectivity index (χ1) is 9.47. The molecule has 0 spiro atoms. The summed E-state index contributed by atoms with van der Waals surface area (Å²) >= 11 is 0. The van der Waals surface area contributed by atoms with Crippen LogP contribution in [0.5, 0.6) is 5.75 Å². The second-order valence-corrected chi connectivity index (χ2v) is 4.75. The number of ether oxygens (including phenoxy) is 1. The molecule has 0 saturated carbocycles. The summed E-state index contributed by atoms with van der Waals surface area (Å²) < 4.78 is 5.61. The van der Waals surface area contributed by atoms with Gasteiger partial charge in [0.25, 0.3) is 5.56 Å². The Morgan fingerprint density at radius 1 is 1.30 bits per heavy atom. The number of nitrogens with zero attached hydrogens (tertiary/aromatic N) is 1. The highest BCUT2D eigenvalue weighted by atomic mass is 16.5. The zero-order valence-electron chi connectivity index (χ0n) is 11.6. The van der Waals surface area contributed by atoms with E-state index in [1.54, 1.807) is 0 Å². The molecule has 0 saturated heterocycles. The van der Waals surface area contributed by atoms with E-state index < -0.39 is 5.56 Å². The first kappa shape index (κ1) is 14.0. The molecule has 1 aromatic heterocycles. The zero-order valence-corrected chi connectivity index (χ0v) is 11.6. The van der Waals surface area contributed by atoms with Gasteiger partial charge >= 0.3 is 0 Å². The van der Waals surface area contributed by atoms with Gasteiger partial charge in [-0.3, -0.25) is 9.59 Å². The number of benzene rings is 1. The minimum absolute atomic E-state index is 0.0709. The fourth-order valence-electron chi connectivity index (χ4n) is 1.82. The third kappa shape index (κ3) is 3.12. The van der Waals surface area contributed by atoms with Gasteiger partial charge in [0.2, 0.25) is 0 Å². The van der Waals surface area contributed by atoms with Gasteiger partial charge in [-0.1, -0.05) is 12.1 Å². The van der Waals surface area contributed by atoms with Crippen LogP contribution >= 0.6 is 0 Å². The first-order valence-electron chi connectivity index (χ1n) is 6.35. The molecule has 0 atom stereocenters. The third-order valence-corrected chi connectivity index (χ3v) is 2.68. The van der Waals surface area contributed by atoms with Crippen LogP contribution in [-0.4, -0.2) is 22.1 Å². The molecule has 1 aromatic carbocycles. The van der Waals surface area contributed by atoms with Crippen LogP contribution in [0.1, 0.15) is 31.1 Å². The lowest BCUT2D eigenvalue weighted by molar-refractivity contribution is 0.101. The number of aromatic nitrogens is 2. The van der Waals surface area contributed by atoms with Gasteiger partial charge in [0.05, 0.1) is 17.4 Å². The van der Waals surface area contributed by atoms with Crippen molar-refractivity contribution >= 4 is 5.78 Å². The number of nitrogens with one attached hydrogen (secondary N) is 1. The van der Waals surface area contributed by atoms with Crippen LogP contribution in [0.4, 0.5) is 0 Å². The number of ketones is 1. The lowest BCUT2D eigenvalue weighted by Crippen LogP contribution is -2.17. The quantitative estimate of drug-likeness (QED) is 0.868. The summed E-state index contributed by atoms with van der Waals surface area (Å²) in [6, 6.07) is 8.85. The van der Waals surface area contributed by atoms with Crippen molar-refractivity contribution in [2.45, 2.75) is 26.9 Å². The molecule has 0 fully saturated rings. The summed E-state index contributed by atoms with van der Waals surface area (Å²) in [6.07, 6.45) is 0.0709. The summed E-state index contributed by atoms with van der Waals surface area (Å²) in [7, 11) is 0. The second-order valence-electron chi connectivity index (χ2n) is 4.75. The third-order valence-electron chi connectivity index (χ3n) is 2.68. The van der Waals surface area contributed by atoms with E-state index in [1.165, 1.54) is 13.0 Å². The number of hydrogen-bond donors (Lipinski definition) is 1. The maximum Gasteiger partial charge on any atom is 0.275 e. The van der Waals surface area contributed by atoms with Gasteiger partial charge in [-0.15, -0.1) is 0 Å². The molecule has 0 aliphatic heterocycles. The van der Waals surface area contributed by atoms with Gasteiger partial charge in [-0.25, -0.2) is 5.10 Å². The maximum atomic E-state index is 11.5. The van der Waals surface area contributed by atoms with E-state index in [-0.39, 0.29) is 17.5 Å². The van der Waals surface area contributed by atoms with Crippen molar-refractivity contribution in [2.24, 2.45) is 0 Å². The molecule has 5 nitrogen and oxygen atoms in total. The zero-order chi connectivity index (χ0) is 14.7. The largest absolute Gasteiger partial charge is 0.491 e. The van der Waals surface area contributed by atoms with Gasteiger partial charge in [0.15, 0.2) is 5.78 Å². The van der Waals surface area contributed by atoms with Crippen molar-refractivity contribution in [3.05, 3.63) is 46.2 Å². The highest BCUT2D eigenvalue weighted by Gasteiger charge is 2.10. The average molecular weight is 272 g/mol. The van der Waals surface area contributed by atoms with Gasteiger partial charge in [-0.2, -0.15) is 5.10 Å². The standard InChI is InChI=1S/C15H16N2O3/c1-9(2)20-12-6-4-5-11(7-12)14-8-13(10(3)18)15(19)17-16-14/h4-9H,1-3H3,(H,17,19). The van der Waals surface area contributed by atoms with E-state index in [9.17, 15) is 9.59 Å². The van der Waals surface area contributed by atoms with Crippen molar-refractivity contribution in [1.29, 1.82) is 0 Å². The molecular formula is C15H16N2O3. The minimum atomic E-state index is -0.476.